The van der Waals surface area contributed by atoms with Crippen molar-refractivity contribution in [2.45, 2.75) is 6.92 Å². The predicted octanol–water partition coefficient (Wildman–Crippen LogP) is 4.33. The van der Waals surface area contributed by atoms with E-state index in [1.807, 2.05) is 13.0 Å². The molecule has 0 radical (unpaired) electrons. The van der Waals surface area contributed by atoms with Gasteiger partial charge < -0.3 is 0 Å². The fourth-order valence-corrected chi connectivity index (χ4v) is 2.06. The summed E-state index contributed by atoms with van der Waals surface area (Å²) < 4.78 is 13.3. The third-order valence-electron chi connectivity index (χ3n) is 2.54. The van der Waals surface area contributed by atoms with E-state index in [4.69, 9.17) is 16.9 Å². The van der Waals surface area contributed by atoms with E-state index in [1.54, 1.807) is 18.2 Å². The highest BCUT2D eigenvalue weighted by Gasteiger charge is 2.09. The maximum Gasteiger partial charge on any atom is 0.125 e. The summed E-state index contributed by atoms with van der Waals surface area (Å²) in [5, 5.41) is 9.39. The van der Waals surface area contributed by atoms with Gasteiger partial charge in [0, 0.05) is 10.6 Å². The molecule has 0 saturated carbocycles. The highest BCUT2D eigenvalue weighted by molar-refractivity contribution is 6.30. The summed E-state index contributed by atoms with van der Waals surface area (Å²) >= 11 is 5.82. The molecule has 84 valence electrons. The van der Waals surface area contributed by atoms with Gasteiger partial charge in [-0.2, -0.15) is 5.26 Å². The van der Waals surface area contributed by atoms with Crippen LogP contribution in [0.25, 0.3) is 11.1 Å². The molecule has 2 rings (SSSR count). The Bertz CT molecular complexity index is 594. The van der Waals surface area contributed by atoms with Gasteiger partial charge in [0.15, 0.2) is 0 Å². The minimum Gasteiger partial charge on any atom is -0.207 e. The summed E-state index contributed by atoms with van der Waals surface area (Å²) in [6, 6.07) is 11.8. The van der Waals surface area contributed by atoms with E-state index >= 15 is 0 Å². The lowest BCUT2D eigenvalue weighted by Gasteiger charge is -2.08. The first-order valence-electron chi connectivity index (χ1n) is 5.08. The lowest BCUT2D eigenvalue weighted by molar-refractivity contribution is 0.628. The third-order valence-corrected chi connectivity index (χ3v) is 2.76. The predicted molar refractivity (Wildman–Crippen MR) is 66.3 cm³/mol. The van der Waals surface area contributed by atoms with Gasteiger partial charge in [0.2, 0.25) is 0 Å². The zero-order chi connectivity index (χ0) is 12.4. The van der Waals surface area contributed by atoms with Crippen molar-refractivity contribution in [2.75, 3.05) is 0 Å². The van der Waals surface area contributed by atoms with Gasteiger partial charge in [-0.15, -0.1) is 0 Å². The molecule has 1 nitrogen and oxygen atoms in total. The van der Waals surface area contributed by atoms with Crippen molar-refractivity contribution in [3.63, 3.8) is 0 Å². The number of aryl methyl sites for hydroxylation is 1. The molecule has 0 N–H and O–H groups in total. The molecule has 0 atom stereocenters. The maximum absolute atomic E-state index is 13.3. The Kier molecular flexibility index (Phi) is 3.12. The summed E-state index contributed by atoms with van der Waals surface area (Å²) in [6.45, 7) is 1.88. The van der Waals surface area contributed by atoms with Crippen LogP contribution in [0.1, 0.15) is 11.1 Å². The number of nitriles is 1. The standard InChI is InChI=1S/C14H9ClFN/c1-9-3-2-4-10(8-17)14(9)11-5-12(15)7-13(16)6-11/h2-7H,1H3. The minimum absolute atomic E-state index is 0.326. The quantitative estimate of drug-likeness (QED) is 0.734. The van der Waals surface area contributed by atoms with E-state index in [9.17, 15) is 4.39 Å². The van der Waals surface area contributed by atoms with E-state index in [2.05, 4.69) is 6.07 Å². The fourth-order valence-electron chi connectivity index (χ4n) is 1.84. The molecule has 0 aliphatic rings. The van der Waals surface area contributed by atoms with Gasteiger partial charge in [0.25, 0.3) is 0 Å². The summed E-state index contributed by atoms with van der Waals surface area (Å²) in [7, 11) is 0. The van der Waals surface area contributed by atoms with Crippen LogP contribution in [0.2, 0.25) is 5.02 Å². The largest absolute Gasteiger partial charge is 0.207 e. The second kappa shape index (κ2) is 4.57. The Morgan fingerprint density at radius 2 is 2.00 bits per heavy atom. The monoisotopic (exact) mass is 245 g/mol. The number of hydrogen-bond acceptors (Lipinski definition) is 1. The Morgan fingerprint density at radius 3 is 2.65 bits per heavy atom. The van der Waals surface area contributed by atoms with Gasteiger partial charge >= 0.3 is 0 Å². The first-order chi connectivity index (χ1) is 8.11. The molecule has 0 aliphatic carbocycles. The van der Waals surface area contributed by atoms with Crippen molar-refractivity contribution in [2.24, 2.45) is 0 Å². The van der Waals surface area contributed by atoms with Crippen LogP contribution >= 0.6 is 11.6 Å². The normalized spacial score (nSPS) is 10.0. The molecule has 0 fully saturated rings. The van der Waals surface area contributed by atoms with Crippen LogP contribution in [0.4, 0.5) is 4.39 Å². The molecule has 0 heterocycles. The zero-order valence-electron chi connectivity index (χ0n) is 9.17. The SMILES string of the molecule is Cc1cccc(C#N)c1-c1cc(F)cc(Cl)c1. The van der Waals surface area contributed by atoms with Crippen molar-refractivity contribution in [3.05, 3.63) is 58.4 Å². The number of hydrogen-bond donors (Lipinski definition) is 0. The molecule has 2 aromatic rings. The first kappa shape index (κ1) is 11.6. The Hall–Kier alpha value is -1.85. The van der Waals surface area contributed by atoms with E-state index in [1.165, 1.54) is 12.1 Å². The van der Waals surface area contributed by atoms with Crippen LogP contribution in [-0.2, 0) is 0 Å². The summed E-state index contributed by atoms with van der Waals surface area (Å²) in [4.78, 5) is 0. The molecule has 0 bridgehead atoms. The zero-order valence-corrected chi connectivity index (χ0v) is 9.92. The van der Waals surface area contributed by atoms with E-state index < -0.39 is 5.82 Å². The highest BCUT2D eigenvalue weighted by atomic mass is 35.5. The molecule has 0 amide bonds. The van der Waals surface area contributed by atoms with Crippen LogP contribution < -0.4 is 0 Å². The Morgan fingerprint density at radius 1 is 1.24 bits per heavy atom. The number of benzene rings is 2. The average molecular weight is 246 g/mol. The van der Waals surface area contributed by atoms with Gasteiger partial charge in [0.05, 0.1) is 11.6 Å². The lowest BCUT2D eigenvalue weighted by atomic mass is 9.95. The van der Waals surface area contributed by atoms with Gasteiger partial charge in [-0.25, -0.2) is 4.39 Å². The molecule has 17 heavy (non-hydrogen) atoms. The van der Waals surface area contributed by atoms with Crippen LogP contribution in [-0.4, -0.2) is 0 Å². The van der Waals surface area contributed by atoms with Crippen molar-refractivity contribution in [3.8, 4) is 17.2 Å². The fraction of sp³-hybridized carbons (Fsp3) is 0.0714. The second-order valence-corrected chi connectivity index (χ2v) is 4.20. The summed E-state index contributed by atoms with van der Waals surface area (Å²) in [6.07, 6.45) is 0. The number of nitrogens with zero attached hydrogens (tertiary/aromatic N) is 1. The number of halogens is 2. The van der Waals surface area contributed by atoms with Crippen LogP contribution in [0.15, 0.2) is 36.4 Å². The molecular formula is C14H9ClFN. The van der Waals surface area contributed by atoms with Gasteiger partial charge in [-0.05, 0) is 42.3 Å². The summed E-state index contributed by atoms with van der Waals surface area (Å²) in [5.74, 6) is -0.403. The van der Waals surface area contributed by atoms with Crippen molar-refractivity contribution in [1.82, 2.24) is 0 Å². The first-order valence-corrected chi connectivity index (χ1v) is 5.46. The maximum atomic E-state index is 13.3. The van der Waals surface area contributed by atoms with E-state index in [-0.39, 0.29) is 0 Å². The molecule has 2 aromatic carbocycles. The molecule has 0 unspecified atom stereocenters. The number of rotatable bonds is 1. The second-order valence-electron chi connectivity index (χ2n) is 3.77. The molecule has 0 spiro atoms. The third kappa shape index (κ3) is 2.30. The van der Waals surface area contributed by atoms with Gasteiger partial charge in [0.1, 0.15) is 5.82 Å². The smallest absolute Gasteiger partial charge is 0.125 e. The molecule has 3 heteroatoms. The molecule has 0 aliphatic heterocycles. The van der Waals surface area contributed by atoms with E-state index in [0.717, 1.165) is 11.1 Å². The Balaban J connectivity index is 2.72. The van der Waals surface area contributed by atoms with Crippen molar-refractivity contribution < 1.29 is 4.39 Å². The highest BCUT2D eigenvalue weighted by Crippen LogP contribution is 2.29. The molecule has 0 aromatic heterocycles. The van der Waals surface area contributed by atoms with Gasteiger partial charge in [-0.1, -0.05) is 23.7 Å². The van der Waals surface area contributed by atoms with Crippen molar-refractivity contribution >= 4 is 11.6 Å². The lowest BCUT2D eigenvalue weighted by Crippen LogP contribution is -1.89. The Labute approximate surface area is 104 Å². The molecule has 0 saturated heterocycles. The molecular weight excluding hydrogens is 237 g/mol. The van der Waals surface area contributed by atoms with E-state index in [0.29, 0.717) is 16.1 Å². The van der Waals surface area contributed by atoms with Crippen LogP contribution in [0.5, 0.6) is 0 Å². The summed E-state index contributed by atoms with van der Waals surface area (Å²) in [5.41, 5.74) is 2.80. The van der Waals surface area contributed by atoms with Crippen molar-refractivity contribution in [1.29, 1.82) is 5.26 Å². The van der Waals surface area contributed by atoms with Gasteiger partial charge in [-0.3, -0.25) is 0 Å². The topological polar surface area (TPSA) is 23.8 Å². The minimum atomic E-state index is -0.403. The van der Waals surface area contributed by atoms with Crippen LogP contribution in [0, 0.1) is 24.1 Å². The average Bonchev–Trinajstić information content (AvgIpc) is 2.27. The van der Waals surface area contributed by atoms with Crippen LogP contribution in [0.3, 0.4) is 0 Å².